The molecule has 3 heterocycles. The predicted octanol–water partition coefficient (Wildman–Crippen LogP) is 2.89. The molecule has 8 heteroatoms. The molecule has 8 nitrogen and oxygen atoms in total. The lowest BCUT2D eigenvalue weighted by Gasteiger charge is -2.22. The maximum atomic E-state index is 13.0. The summed E-state index contributed by atoms with van der Waals surface area (Å²) in [4.78, 5) is 23.6. The third-order valence-electron chi connectivity index (χ3n) is 5.05. The van der Waals surface area contributed by atoms with E-state index in [9.17, 15) is 9.90 Å². The fraction of sp³-hybridized carbons (Fsp3) is 0.261. The van der Waals surface area contributed by atoms with Crippen molar-refractivity contribution in [3.63, 3.8) is 0 Å². The Balaban J connectivity index is 1.64. The van der Waals surface area contributed by atoms with Crippen LogP contribution in [0.4, 0.5) is 22.1 Å². The number of hydrogen-bond acceptors (Lipinski definition) is 6. The Bertz CT molecular complexity index is 1040. The lowest BCUT2D eigenvalue weighted by Crippen LogP contribution is -2.36. The second-order valence-electron chi connectivity index (χ2n) is 7.39. The summed E-state index contributed by atoms with van der Waals surface area (Å²) in [6, 6.07) is 16.6. The molecule has 31 heavy (non-hydrogen) atoms. The molecule has 0 aliphatic carbocycles. The molecule has 2 aromatic heterocycles. The topological polar surface area (TPSA) is 111 Å². The van der Waals surface area contributed by atoms with Crippen LogP contribution in [0.3, 0.4) is 0 Å². The zero-order chi connectivity index (χ0) is 21.6. The van der Waals surface area contributed by atoms with Crippen LogP contribution in [-0.4, -0.2) is 52.0 Å². The molecular weight excluding hydrogens is 394 g/mol. The van der Waals surface area contributed by atoms with Gasteiger partial charge in [-0.3, -0.25) is 10.2 Å². The van der Waals surface area contributed by atoms with Crippen molar-refractivity contribution in [3.05, 3.63) is 66.4 Å². The molecule has 1 atom stereocenters. The summed E-state index contributed by atoms with van der Waals surface area (Å²) in [5.41, 5.74) is 3.29. The molecule has 4 N–H and O–H groups in total. The van der Waals surface area contributed by atoms with E-state index >= 15 is 0 Å². The van der Waals surface area contributed by atoms with Crippen LogP contribution in [0.1, 0.15) is 12.0 Å². The average molecular weight is 419 g/mol. The smallest absolute Gasteiger partial charge is 0.328 e. The first-order valence-corrected chi connectivity index (χ1v) is 10.3. The Morgan fingerprint density at radius 2 is 2.10 bits per heavy atom. The summed E-state index contributed by atoms with van der Waals surface area (Å²) in [6.45, 7) is 0.987. The second kappa shape index (κ2) is 9.55. The van der Waals surface area contributed by atoms with Gasteiger partial charge in [0.15, 0.2) is 5.82 Å². The van der Waals surface area contributed by atoms with Crippen LogP contribution < -0.4 is 15.5 Å². The van der Waals surface area contributed by atoms with Gasteiger partial charge in [0, 0.05) is 31.3 Å². The van der Waals surface area contributed by atoms with E-state index in [2.05, 4.69) is 15.6 Å². The average Bonchev–Trinajstić information content (AvgIpc) is 3.02. The Hall–Kier alpha value is -3.49. The van der Waals surface area contributed by atoms with Gasteiger partial charge in [-0.25, -0.2) is 14.8 Å². The highest BCUT2D eigenvalue weighted by Crippen LogP contribution is 2.31. The van der Waals surface area contributed by atoms with E-state index in [1.54, 1.807) is 23.2 Å². The number of carbonyl (C=O) groups is 1. The van der Waals surface area contributed by atoms with Gasteiger partial charge in [0.05, 0.1) is 24.1 Å². The highest BCUT2D eigenvalue weighted by atomic mass is 16.3. The van der Waals surface area contributed by atoms with E-state index in [4.69, 9.17) is 10.1 Å². The van der Waals surface area contributed by atoms with Crippen LogP contribution in [0, 0.1) is 0 Å². The summed E-state index contributed by atoms with van der Waals surface area (Å²) in [7, 11) is 0. The molecule has 1 aromatic carbocycles. The normalized spacial score (nSPS) is 14.2. The minimum atomic E-state index is -0.801. The number of nitrogens with zero attached hydrogens (tertiary/aromatic N) is 3. The molecule has 1 aliphatic heterocycles. The van der Waals surface area contributed by atoms with Crippen LogP contribution in [0.15, 0.2) is 60.8 Å². The number of aliphatic hydroxyl groups is 2. The molecule has 0 saturated heterocycles. The zero-order valence-electron chi connectivity index (χ0n) is 17.0. The van der Waals surface area contributed by atoms with Crippen LogP contribution in [0.5, 0.6) is 0 Å². The van der Waals surface area contributed by atoms with Gasteiger partial charge in [-0.15, -0.1) is 0 Å². The van der Waals surface area contributed by atoms with Crippen LogP contribution >= 0.6 is 0 Å². The number of pyridine rings is 2. The molecule has 4 rings (SSSR count). The van der Waals surface area contributed by atoms with Crippen molar-refractivity contribution in [1.82, 2.24) is 9.97 Å². The number of anilines is 3. The Labute approximate surface area is 180 Å². The first-order valence-electron chi connectivity index (χ1n) is 10.3. The summed E-state index contributed by atoms with van der Waals surface area (Å²) in [5, 5.41) is 25.0. The van der Waals surface area contributed by atoms with Crippen LogP contribution in [-0.2, 0) is 6.42 Å². The number of amides is 2. The van der Waals surface area contributed by atoms with Crippen LogP contribution in [0.25, 0.3) is 11.3 Å². The third kappa shape index (κ3) is 4.99. The number of nitrogens with one attached hydrogen (secondary N) is 2. The molecule has 0 saturated carbocycles. The first-order chi connectivity index (χ1) is 15.1. The van der Waals surface area contributed by atoms with Gasteiger partial charge in [0.1, 0.15) is 5.82 Å². The monoisotopic (exact) mass is 419 g/mol. The number of urea groups is 1. The number of fused-ring (bicyclic) bond motifs is 1. The molecular formula is C23H25N5O3. The molecule has 0 spiro atoms. The Morgan fingerprint density at radius 1 is 1.19 bits per heavy atom. The van der Waals surface area contributed by atoms with Crippen molar-refractivity contribution in [3.8, 4) is 11.3 Å². The van der Waals surface area contributed by atoms with E-state index in [0.717, 1.165) is 35.5 Å². The van der Waals surface area contributed by atoms with Gasteiger partial charge in [-0.1, -0.05) is 24.3 Å². The number of carbonyl (C=O) groups excluding carboxylic acids is 1. The van der Waals surface area contributed by atoms with Gasteiger partial charge in [-0.2, -0.15) is 0 Å². The van der Waals surface area contributed by atoms with E-state index in [-0.39, 0.29) is 12.6 Å². The number of rotatable bonds is 5. The highest BCUT2D eigenvalue weighted by molar-refractivity contribution is 6.02. The van der Waals surface area contributed by atoms with Gasteiger partial charge in [0.2, 0.25) is 0 Å². The van der Waals surface area contributed by atoms with Crippen molar-refractivity contribution in [1.29, 1.82) is 0 Å². The summed E-state index contributed by atoms with van der Waals surface area (Å²) < 4.78 is 0. The molecule has 1 unspecified atom stereocenters. The molecule has 160 valence electrons. The molecule has 2 amide bonds. The largest absolute Gasteiger partial charge is 0.394 e. The maximum Gasteiger partial charge on any atom is 0.328 e. The second-order valence-corrected chi connectivity index (χ2v) is 7.39. The van der Waals surface area contributed by atoms with Gasteiger partial charge in [-0.05, 0) is 42.3 Å². The third-order valence-corrected chi connectivity index (χ3v) is 5.05. The fourth-order valence-corrected chi connectivity index (χ4v) is 3.52. The molecule has 0 bridgehead atoms. The number of benzene rings is 1. The van der Waals surface area contributed by atoms with Crippen molar-refractivity contribution in [2.45, 2.75) is 18.9 Å². The number of aromatic nitrogens is 2. The Kier molecular flexibility index (Phi) is 6.40. The van der Waals surface area contributed by atoms with Crippen molar-refractivity contribution in [2.75, 3.05) is 35.2 Å². The molecule has 3 aromatic rings. The predicted molar refractivity (Wildman–Crippen MR) is 120 cm³/mol. The molecule has 0 radical (unpaired) electrons. The standard InChI is InChI=1S/C23H25N5O3/c29-15-18(30)14-16-5-3-6-17(13-16)19-8-9-20-22(26-19)28(12-4-11-24-20)23(31)27-21-7-1-2-10-25-21/h1-3,5-10,13,18,24,29-30H,4,11-12,14-15H2,(H,25,27,31). The SMILES string of the molecule is O=C(Nc1ccccn1)N1CCCNc2ccc(-c3cccc(CC(O)CO)c3)nc21. The zero-order valence-corrected chi connectivity index (χ0v) is 17.0. The summed E-state index contributed by atoms with van der Waals surface area (Å²) in [5.74, 6) is 1.04. The van der Waals surface area contributed by atoms with E-state index in [1.165, 1.54) is 0 Å². The lowest BCUT2D eigenvalue weighted by molar-refractivity contribution is 0.0955. The number of hydrogen-bond donors (Lipinski definition) is 4. The highest BCUT2D eigenvalue weighted by Gasteiger charge is 2.23. The molecule has 1 aliphatic rings. The van der Waals surface area contributed by atoms with E-state index in [0.29, 0.717) is 24.6 Å². The van der Waals surface area contributed by atoms with E-state index < -0.39 is 6.10 Å². The quantitative estimate of drug-likeness (QED) is 0.506. The fourth-order valence-electron chi connectivity index (χ4n) is 3.52. The van der Waals surface area contributed by atoms with Gasteiger partial charge in [0.25, 0.3) is 0 Å². The molecule has 0 fully saturated rings. The maximum absolute atomic E-state index is 13.0. The van der Waals surface area contributed by atoms with Crippen molar-refractivity contribution < 1.29 is 15.0 Å². The summed E-state index contributed by atoms with van der Waals surface area (Å²) in [6.07, 6.45) is 1.97. The summed E-state index contributed by atoms with van der Waals surface area (Å²) >= 11 is 0. The van der Waals surface area contributed by atoms with Crippen molar-refractivity contribution in [2.24, 2.45) is 0 Å². The minimum absolute atomic E-state index is 0.284. The Morgan fingerprint density at radius 3 is 2.90 bits per heavy atom. The van der Waals surface area contributed by atoms with Crippen molar-refractivity contribution >= 4 is 23.4 Å². The van der Waals surface area contributed by atoms with E-state index in [1.807, 2.05) is 42.5 Å². The van der Waals surface area contributed by atoms with Gasteiger partial charge >= 0.3 is 6.03 Å². The van der Waals surface area contributed by atoms with Gasteiger partial charge < -0.3 is 15.5 Å². The van der Waals surface area contributed by atoms with Crippen LogP contribution in [0.2, 0.25) is 0 Å². The number of aliphatic hydroxyl groups excluding tert-OH is 2. The lowest BCUT2D eigenvalue weighted by atomic mass is 10.0. The first kappa shape index (κ1) is 20.8. The minimum Gasteiger partial charge on any atom is -0.394 e.